The Balaban J connectivity index is 2.27. The summed E-state index contributed by atoms with van der Waals surface area (Å²) in [7, 11) is 0. The minimum Gasteiger partial charge on any atom is -0.270 e. The maximum absolute atomic E-state index is 11.1. The van der Waals surface area contributed by atoms with Crippen LogP contribution in [0.4, 0.5) is 0 Å². The third kappa shape index (κ3) is 0.602. The van der Waals surface area contributed by atoms with Gasteiger partial charge in [-0.1, -0.05) is 12.8 Å². The van der Waals surface area contributed by atoms with E-state index >= 15 is 0 Å². The quantitative estimate of drug-likeness (QED) is 0.478. The van der Waals surface area contributed by atoms with E-state index in [1.807, 2.05) is 0 Å². The minimum absolute atomic E-state index is 0.0231. The van der Waals surface area contributed by atoms with E-state index in [1.165, 1.54) is 6.34 Å². The Morgan fingerprint density at radius 2 is 2.10 bits per heavy atom. The topological polar surface area (TPSA) is 43.5 Å². The van der Waals surface area contributed by atoms with Crippen molar-refractivity contribution < 1.29 is 4.79 Å². The highest BCUT2D eigenvalue weighted by atomic mass is 16.2. The SMILES string of the molecule is O=C1[N]C=NC12CCCC2. The lowest BCUT2D eigenvalue weighted by Gasteiger charge is -2.13. The van der Waals surface area contributed by atoms with E-state index in [0.29, 0.717) is 0 Å². The van der Waals surface area contributed by atoms with Crippen LogP contribution < -0.4 is 5.32 Å². The van der Waals surface area contributed by atoms with E-state index in [-0.39, 0.29) is 11.4 Å². The normalized spacial score (nSPS) is 27.8. The van der Waals surface area contributed by atoms with Crippen molar-refractivity contribution in [3.8, 4) is 0 Å². The molecular weight excluding hydrogens is 128 g/mol. The van der Waals surface area contributed by atoms with Gasteiger partial charge in [-0.25, -0.2) is 0 Å². The van der Waals surface area contributed by atoms with Gasteiger partial charge in [0.15, 0.2) is 0 Å². The molecule has 10 heavy (non-hydrogen) atoms. The lowest BCUT2D eigenvalue weighted by atomic mass is 9.99. The number of aliphatic imine (C=N–C) groups is 1. The molecule has 3 heteroatoms. The van der Waals surface area contributed by atoms with Gasteiger partial charge >= 0.3 is 0 Å². The fourth-order valence-electron chi connectivity index (χ4n) is 1.67. The predicted molar refractivity (Wildman–Crippen MR) is 36.8 cm³/mol. The number of rotatable bonds is 0. The third-order valence-corrected chi connectivity index (χ3v) is 2.31. The second kappa shape index (κ2) is 1.81. The van der Waals surface area contributed by atoms with Gasteiger partial charge in [0, 0.05) is 0 Å². The first-order valence-corrected chi connectivity index (χ1v) is 3.62. The van der Waals surface area contributed by atoms with Crippen molar-refractivity contribution in [2.45, 2.75) is 31.2 Å². The molecule has 1 saturated carbocycles. The Morgan fingerprint density at radius 3 is 2.60 bits per heavy atom. The van der Waals surface area contributed by atoms with E-state index in [4.69, 9.17) is 0 Å². The van der Waals surface area contributed by atoms with Gasteiger partial charge in [0.25, 0.3) is 5.91 Å². The highest BCUT2D eigenvalue weighted by molar-refractivity contribution is 5.99. The summed E-state index contributed by atoms with van der Waals surface area (Å²) in [6.07, 6.45) is 5.47. The zero-order valence-corrected chi connectivity index (χ0v) is 5.71. The molecule has 1 aliphatic heterocycles. The third-order valence-electron chi connectivity index (χ3n) is 2.31. The first kappa shape index (κ1) is 5.89. The van der Waals surface area contributed by atoms with Crippen molar-refractivity contribution in [1.82, 2.24) is 5.32 Å². The summed E-state index contributed by atoms with van der Waals surface area (Å²) in [6.45, 7) is 0. The lowest BCUT2D eigenvalue weighted by Crippen LogP contribution is -2.32. The van der Waals surface area contributed by atoms with Crippen molar-refractivity contribution in [3.05, 3.63) is 0 Å². The fraction of sp³-hybridized carbons (Fsp3) is 0.714. The van der Waals surface area contributed by atoms with Crippen LogP contribution in [0.3, 0.4) is 0 Å². The molecule has 53 valence electrons. The molecule has 0 unspecified atom stereocenters. The highest BCUT2D eigenvalue weighted by Gasteiger charge is 2.43. The molecule has 0 bridgehead atoms. The smallest absolute Gasteiger partial charge is 0.270 e. The number of hydrogen-bond acceptors (Lipinski definition) is 2. The lowest BCUT2D eigenvalue weighted by molar-refractivity contribution is -0.123. The molecule has 1 aliphatic carbocycles. The van der Waals surface area contributed by atoms with Crippen LogP contribution in [0, 0.1) is 0 Å². The predicted octanol–water partition coefficient (Wildman–Crippen LogP) is 0.472. The van der Waals surface area contributed by atoms with E-state index in [9.17, 15) is 4.79 Å². The number of carbonyl (C=O) groups is 1. The zero-order chi connectivity index (χ0) is 7.03. The maximum Gasteiger partial charge on any atom is 0.275 e. The molecule has 0 aromatic rings. The number of carbonyl (C=O) groups excluding carboxylic acids is 1. The second-order valence-electron chi connectivity index (χ2n) is 2.92. The summed E-state index contributed by atoms with van der Waals surface area (Å²) < 4.78 is 0. The van der Waals surface area contributed by atoms with Gasteiger partial charge in [0.2, 0.25) is 0 Å². The molecule has 0 N–H and O–H groups in total. The first-order valence-electron chi connectivity index (χ1n) is 3.62. The summed E-state index contributed by atoms with van der Waals surface area (Å²) in [6, 6.07) is 0. The van der Waals surface area contributed by atoms with Crippen molar-refractivity contribution in [1.29, 1.82) is 0 Å². The molecule has 1 fully saturated rings. The highest BCUT2D eigenvalue weighted by Crippen LogP contribution is 2.35. The van der Waals surface area contributed by atoms with Gasteiger partial charge in [-0.3, -0.25) is 9.79 Å². The van der Waals surface area contributed by atoms with Gasteiger partial charge in [-0.15, -0.1) is 0 Å². The van der Waals surface area contributed by atoms with E-state index in [0.717, 1.165) is 25.7 Å². The molecule has 1 amide bonds. The van der Waals surface area contributed by atoms with E-state index in [2.05, 4.69) is 10.3 Å². The average Bonchev–Trinajstić information content (AvgIpc) is 2.48. The van der Waals surface area contributed by atoms with Crippen LogP contribution in [0.2, 0.25) is 0 Å². The van der Waals surface area contributed by atoms with Crippen LogP contribution in [-0.4, -0.2) is 17.8 Å². The maximum atomic E-state index is 11.1. The molecule has 3 nitrogen and oxygen atoms in total. The summed E-state index contributed by atoms with van der Waals surface area (Å²) in [5, 5.41) is 3.64. The molecular formula is C7H9N2O. The molecule has 0 saturated heterocycles. The van der Waals surface area contributed by atoms with E-state index < -0.39 is 0 Å². The van der Waals surface area contributed by atoms with Crippen molar-refractivity contribution in [2.24, 2.45) is 4.99 Å². The summed E-state index contributed by atoms with van der Waals surface area (Å²) in [5.41, 5.74) is -0.389. The summed E-state index contributed by atoms with van der Waals surface area (Å²) in [4.78, 5) is 15.2. The van der Waals surface area contributed by atoms with Gasteiger partial charge < -0.3 is 0 Å². The molecule has 0 aromatic heterocycles. The Kier molecular flexibility index (Phi) is 1.07. The Morgan fingerprint density at radius 1 is 1.40 bits per heavy atom. The largest absolute Gasteiger partial charge is 0.275 e. The van der Waals surface area contributed by atoms with Crippen molar-refractivity contribution >= 4 is 12.2 Å². The zero-order valence-electron chi connectivity index (χ0n) is 5.71. The Bertz CT molecular complexity index is 192. The second-order valence-corrected chi connectivity index (χ2v) is 2.92. The van der Waals surface area contributed by atoms with Crippen LogP contribution >= 0.6 is 0 Å². The van der Waals surface area contributed by atoms with Crippen LogP contribution in [0.25, 0.3) is 0 Å². The van der Waals surface area contributed by atoms with Gasteiger partial charge in [0.05, 0.1) is 0 Å². The van der Waals surface area contributed by atoms with Crippen LogP contribution in [0.15, 0.2) is 4.99 Å². The summed E-state index contributed by atoms with van der Waals surface area (Å²) >= 11 is 0. The monoisotopic (exact) mass is 137 g/mol. The molecule has 1 heterocycles. The molecule has 1 radical (unpaired) electrons. The van der Waals surface area contributed by atoms with Crippen LogP contribution in [0.5, 0.6) is 0 Å². The van der Waals surface area contributed by atoms with Crippen molar-refractivity contribution in [2.75, 3.05) is 0 Å². The molecule has 2 aliphatic rings. The Hall–Kier alpha value is -0.860. The number of amides is 1. The summed E-state index contributed by atoms with van der Waals surface area (Å²) in [5.74, 6) is -0.0231. The van der Waals surface area contributed by atoms with Gasteiger partial charge in [0.1, 0.15) is 11.9 Å². The number of nitrogens with zero attached hydrogens (tertiary/aromatic N) is 2. The van der Waals surface area contributed by atoms with Gasteiger partial charge in [-0.05, 0) is 12.8 Å². The van der Waals surface area contributed by atoms with E-state index in [1.54, 1.807) is 0 Å². The number of hydrogen-bond donors (Lipinski definition) is 0. The first-order chi connectivity index (χ1) is 4.83. The molecule has 0 aromatic carbocycles. The van der Waals surface area contributed by atoms with Crippen LogP contribution in [0.1, 0.15) is 25.7 Å². The van der Waals surface area contributed by atoms with Crippen molar-refractivity contribution in [3.63, 3.8) is 0 Å². The van der Waals surface area contributed by atoms with Gasteiger partial charge in [-0.2, -0.15) is 5.32 Å². The Labute approximate surface area is 59.5 Å². The molecule has 2 rings (SSSR count). The minimum atomic E-state index is -0.389. The average molecular weight is 137 g/mol. The standard InChI is InChI=1S/C7H9N2O/c10-6-7(9-5-8-6)3-1-2-4-7/h5H,1-4H2. The fourth-order valence-corrected chi connectivity index (χ4v) is 1.67. The molecule has 0 atom stereocenters. The molecule has 1 spiro atoms. The van der Waals surface area contributed by atoms with Crippen LogP contribution in [-0.2, 0) is 4.79 Å².